The van der Waals surface area contributed by atoms with Crippen LogP contribution in [-0.2, 0) is 16.1 Å². The molecule has 0 spiro atoms. The SMILES string of the molecule is O=C(C[C@H]([NH2+]Cc1ccccc1)C(=O)[O-])Nc1cccc(Cl)c1Cl. The van der Waals surface area contributed by atoms with Crippen LogP contribution in [0.25, 0.3) is 0 Å². The van der Waals surface area contributed by atoms with Gasteiger partial charge in [-0.25, -0.2) is 0 Å². The molecule has 3 N–H and O–H groups in total. The molecule has 0 saturated heterocycles. The monoisotopic (exact) mass is 366 g/mol. The Labute approximate surface area is 149 Å². The van der Waals surface area contributed by atoms with Gasteiger partial charge < -0.3 is 20.5 Å². The molecular formula is C17H16Cl2N2O3. The lowest BCUT2D eigenvalue weighted by atomic mass is 10.1. The van der Waals surface area contributed by atoms with E-state index in [-0.39, 0.29) is 11.4 Å². The summed E-state index contributed by atoms with van der Waals surface area (Å²) in [6.45, 7) is 0.435. The van der Waals surface area contributed by atoms with Crippen molar-refractivity contribution in [3.8, 4) is 0 Å². The van der Waals surface area contributed by atoms with Crippen molar-refractivity contribution in [2.75, 3.05) is 5.32 Å². The van der Waals surface area contributed by atoms with Crippen LogP contribution < -0.4 is 15.7 Å². The van der Waals surface area contributed by atoms with Crippen LogP contribution in [0.2, 0.25) is 10.0 Å². The maximum absolute atomic E-state index is 12.1. The molecule has 0 aliphatic rings. The molecule has 0 bridgehead atoms. The van der Waals surface area contributed by atoms with Gasteiger partial charge in [-0.05, 0) is 12.1 Å². The lowest BCUT2D eigenvalue weighted by Gasteiger charge is -2.17. The molecule has 1 atom stereocenters. The zero-order valence-electron chi connectivity index (χ0n) is 12.7. The van der Waals surface area contributed by atoms with Crippen molar-refractivity contribution in [1.82, 2.24) is 0 Å². The topological polar surface area (TPSA) is 85.8 Å². The van der Waals surface area contributed by atoms with E-state index >= 15 is 0 Å². The minimum absolute atomic E-state index is 0.214. The lowest BCUT2D eigenvalue weighted by molar-refractivity contribution is -0.697. The molecule has 126 valence electrons. The van der Waals surface area contributed by atoms with Crippen LogP contribution in [0.5, 0.6) is 0 Å². The Hall–Kier alpha value is -2.08. The highest BCUT2D eigenvalue weighted by Gasteiger charge is 2.19. The molecule has 7 heteroatoms. The smallest absolute Gasteiger partial charge is 0.230 e. The molecule has 0 unspecified atom stereocenters. The van der Waals surface area contributed by atoms with Gasteiger partial charge in [-0.1, -0.05) is 59.6 Å². The number of hydrogen-bond acceptors (Lipinski definition) is 3. The van der Waals surface area contributed by atoms with Crippen molar-refractivity contribution in [1.29, 1.82) is 0 Å². The van der Waals surface area contributed by atoms with E-state index in [0.717, 1.165) is 5.56 Å². The van der Waals surface area contributed by atoms with Gasteiger partial charge >= 0.3 is 0 Å². The van der Waals surface area contributed by atoms with Gasteiger partial charge in [0.2, 0.25) is 5.91 Å². The Kier molecular flexibility index (Phi) is 6.61. The fraction of sp³-hybridized carbons (Fsp3) is 0.176. The summed E-state index contributed by atoms with van der Waals surface area (Å²) in [6, 6.07) is 13.2. The summed E-state index contributed by atoms with van der Waals surface area (Å²) < 4.78 is 0. The number of carboxylic acid groups (broad SMARTS) is 1. The minimum Gasteiger partial charge on any atom is -0.544 e. The number of nitrogens with two attached hydrogens (primary N) is 1. The molecule has 0 radical (unpaired) electrons. The fourth-order valence-corrected chi connectivity index (χ4v) is 2.50. The quantitative estimate of drug-likeness (QED) is 0.771. The zero-order chi connectivity index (χ0) is 17.5. The molecule has 0 aliphatic heterocycles. The highest BCUT2D eigenvalue weighted by atomic mass is 35.5. The Morgan fingerprint density at radius 3 is 2.46 bits per heavy atom. The Morgan fingerprint density at radius 2 is 1.79 bits per heavy atom. The van der Waals surface area contributed by atoms with Crippen LogP contribution in [0, 0.1) is 0 Å². The highest BCUT2D eigenvalue weighted by Crippen LogP contribution is 2.29. The third kappa shape index (κ3) is 5.23. The Bertz CT molecular complexity index is 723. The highest BCUT2D eigenvalue weighted by molar-refractivity contribution is 6.43. The molecule has 0 aromatic heterocycles. The summed E-state index contributed by atoms with van der Waals surface area (Å²) in [5.41, 5.74) is 1.30. The van der Waals surface area contributed by atoms with Crippen LogP contribution in [0.4, 0.5) is 5.69 Å². The number of quaternary nitrogens is 1. The number of carboxylic acids is 1. The van der Waals surface area contributed by atoms with Crippen molar-refractivity contribution in [3.63, 3.8) is 0 Å². The number of hydrogen-bond donors (Lipinski definition) is 2. The average Bonchev–Trinajstić information content (AvgIpc) is 2.56. The van der Waals surface area contributed by atoms with Crippen LogP contribution in [-0.4, -0.2) is 17.9 Å². The second kappa shape index (κ2) is 8.68. The second-order valence-corrected chi connectivity index (χ2v) is 5.99. The van der Waals surface area contributed by atoms with Crippen LogP contribution >= 0.6 is 23.2 Å². The van der Waals surface area contributed by atoms with Crippen molar-refractivity contribution in [2.45, 2.75) is 19.0 Å². The number of anilines is 1. The van der Waals surface area contributed by atoms with Gasteiger partial charge in [0, 0.05) is 5.56 Å². The molecule has 2 aromatic rings. The van der Waals surface area contributed by atoms with E-state index < -0.39 is 17.9 Å². The summed E-state index contributed by atoms with van der Waals surface area (Å²) in [5, 5.41) is 15.9. The van der Waals surface area contributed by atoms with Gasteiger partial charge in [0.05, 0.1) is 28.1 Å². The summed E-state index contributed by atoms with van der Waals surface area (Å²) in [7, 11) is 0. The molecule has 0 saturated carbocycles. The molecule has 5 nitrogen and oxygen atoms in total. The lowest BCUT2D eigenvalue weighted by Crippen LogP contribution is -2.92. The summed E-state index contributed by atoms with van der Waals surface area (Å²) in [4.78, 5) is 23.3. The first kappa shape index (κ1) is 18.3. The van der Waals surface area contributed by atoms with Crippen molar-refractivity contribution in [2.24, 2.45) is 0 Å². The van der Waals surface area contributed by atoms with Gasteiger partial charge in [0.15, 0.2) is 0 Å². The van der Waals surface area contributed by atoms with Gasteiger partial charge in [0.1, 0.15) is 12.6 Å². The first-order valence-corrected chi connectivity index (χ1v) is 8.05. The normalized spacial score (nSPS) is 11.8. The largest absolute Gasteiger partial charge is 0.544 e. The first-order valence-electron chi connectivity index (χ1n) is 7.29. The third-order valence-electron chi connectivity index (χ3n) is 3.41. The van der Waals surface area contributed by atoms with E-state index in [2.05, 4.69) is 5.32 Å². The molecule has 2 aromatic carbocycles. The van der Waals surface area contributed by atoms with Crippen LogP contribution in [0.3, 0.4) is 0 Å². The van der Waals surface area contributed by atoms with Crippen molar-refractivity contribution >= 4 is 40.8 Å². The maximum atomic E-state index is 12.1. The predicted octanol–water partition coefficient (Wildman–Crippen LogP) is 1.20. The summed E-state index contributed by atoms with van der Waals surface area (Å²) >= 11 is 11.9. The number of rotatable bonds is 7. The molecule has 0 heterocycles. The number of nitrogens with one attached hydrogen (secondary N) is 1. The van der Waals surface area contributed by atoms with Gasteiger partial charge in [-0.15, -0.1) is 0 Å². The van der Waals surface area contributed by atoms with Gasteiger partial charge in [-0.2, -0.15) is 0 Å². The number of halogens is 2. The fourth-order valence-electron chi connectivity index (χ4n) is 2.16. The zero-order valence-corrected chi connectivity index (χ0v) is 14.2. The Balaban J connectivity index is 1.95. The minimum atomic E-state index is -1.29. The molecule has 2 rings (SSSR count). The first-order chi connectivity index (χ1) is 11.5. The van der Waals surface area contributed by atoms with Gasteiger partial charge in [0.25, 0.3) is 0 Å². The third-order valence-corrected chi connectivity index (χ3v) is 4.23. The number of carbonyl (C=O) groups is 2. The number of carbonyl (C=O) groups excluding carboxylic acids is 2. The van der Waals surface area contributed by atoms with E-state index in [4.69, 9.17) is 23.2 Å². The van der Waals surface area contributed by atoms with Crippen molar-refractivity contribution in [3.05, 3.63) is 64.1 Å². The van der Waals surface area contributed by atoms with E-state index in [1.54, 1.807) is 23.5 Å². The van der Waals surface area contributed by atoms with E-state index in [9.17, 15) is 14.7 Å². The van der Waals surface area contributed by atoms with E-state index in [1.807, 2.05) is 30.3 Å². The second-order valence-electron chi connectivity index (χ2n) is 5.20. The molecule has 0 fully saturated rings. The van der Waals surface area contributed by atoms with E-state index in [1.165, 1.54) is 0 Å². The van der Waals surface area contributed by atoms with Gasteiger partial charge in [-0.3, -0.25) is 4.79 Å². The maximum Gasteiger partial charge on any atom is 0.230 e. The number of aliphatic carboxylic acids is 1. The summed E-state index contributed by atoms with van der Waals surface area (Å²) in [5.74, 6) is -1.77. The predicted molar refractivity (Wildman–Crippen MR) is 90.6 cm³/mol. The Morgan fingerprint density at radius 1 is 1.08 bits per heavy atom. The van der Waals surface area contributed by atoms with E-state index in [0.29, 0.717) is 17.3 Å². The molecule has 24 heavy (non-hydrogen) atoms. The molecule has 1 amide bonds. The number of amides is 1. The standard InChI is InChI=1S/C17H16Cl2N2O3/c18-12-7-4-8-13(16(12)19)21-15(22)9-14(17(23)24)20-10-11-5-2-1-3-6-11/h1-8,14,20H,9-10H2,(H,21,22)(H,23,24)/t14-/m0/s1. The summed E-state index contributed by atoms with van der Waals surface area (Å²) in [6.07, 6.45) is -0.238. The molecule has 0 aliphatic carbocycles. The van der Waals surface area contributed by atoms with Crippen LogP contribution in [0.1, 0.15) is 12.0 Å². The number of benzene rings is 2. The molecular weight excluding hydrogens is 351 g/mol. The van der Waals surface area contributed by atoms with Crippen molar-refractivity contribution < 1.29 is 20.0 Å². The van der Waals surface area contributed by atoms with Crippen LogP contribution in [0.15, 0.2) is 48.5 Å². The average molecular weight is 367 g/mol.